The normalized spacial score (nSPS) is 31.0. The van der Waals surface area contributed by atoms with Gasteiger partial charge in [0.2, 0.25) is 0 Å². The molecule has 98 valence electrons. The molecular formula is C13H13ClF3N. The maximum atomic E-state index is 12.9. The van der Waals surface area contributed by atoms with Gasteiger partial charge in [-0.15, -0.1) is 0 Å². The van der Waals surface area contributed by atoms with Crippen molar-refractivity contribution in [2.45, 2.75) is 24.4 Å². The van der Waals surface area contributed by atoms with E-state index in [0.717, 1.165) is 31.5 Å². The van der Waals surface area contributed by atoms with Gasteiger partial charge in [0.05, 0.1) is 10.6 Å². The first-order valence-electron chi connectivity index (χ1n) is 6.01. The topological polar surface area (TPSA) is 12.0 Å². The van der Waals surface area contributed by atoms with Crippen LogP contribution in [0.4, 0.5) is 13.2 Å². The molecular weight excluding hydrogens is 263 g/mol. The number of alkyl halides is 3. The molecule has 0 spiro atoms. The summed E-state index contributed by atoms with van der Waals surface area (Å²) in [5.41, 5.74) is -0.0287. The van der Waals surface area contributed by atoms with Gasteiger partial charge in [0.1, 0.15) is 0 Å². The van der Waals surface area contributed by atoms with Crippen LogP contribution in [0.3, 0.4) is 0 Å². The first-order chi connectivity index (χ1) is 8.43. The number of hydrogen-bond donors (Lipinski definition) is 1. The molecule has 2 atom stereocenters. The number of rotatable bonds is 1. The van der Waals surface area contributed by atoms with E-state index in [1.807, 2.05) is 0 Å². The Kier molecular flexibility index (Phi) is 2.65. The summed E-state index contributed by atoms with van der Waals surface area (Å²) in [6.45, 7) is 1.68. The van der Waals surface area contributed by atoms with Crippen LogP contribution < -0.4 is 5.32 Å². The van der Waals surface area contributed by atoms with Gasteiger partial charge < -0.3 is 5.32 Å². The molecule has 0 unspecified atom stereocenters. The van der Waals surface area contributed by atoms with Crippen LogP contribution in [-0.4, -0.2) is 13.1 Å². The third kappa shape index (κ3) is 1.66. The maximum Gasteiger partial charge on any atom is 0.417 e. The summed E-state index contributed by atoms with van der Waals surface area (Å²) in [6, 6.07) is 4.36. The smallest absolute Gasteiger partial charge is 0.316 e. The molecule has 1 nitrogen and oxygen atoms in total. The van der Waals surface area contributed by atoms with Crippen LogP contribution in [0.1, 0.15) is 24.0 Å². The Balaban J connectivity index is 2.04. The van der Waals surface area contributed by atoms with E-state index in [1.54, 1.807) is 6.07 Å². The number of nitrogens with one attached hydrogen (secondary N) is 1. The van der Waals surface area contributed by atoms with Gasteiger partial charge in [-0.3, -0.25) is 0 Å². The van der Waals surface area contributed by atoms with Crippen molar-refractivity contribution in [2.75, 3.05) is 13.1 Å². The van der Waals surface area contributed by atoms with E-state index >= 15 is 0 Å². The molecule has 2 fully saturated rings. The predicted octanol–water partition coefficient (Wildman–Crippen LogP) is 3.61. The number of benzene rings is 1. The van der Waals surface area contributed by atoms with E-state index in [2.05, 4.69) is 5.32 Å². The minimum atomic E-state index is -4.38. The van der Waals surface area contributed by atoms with Gasteiger partial charge in [0.25, 0.3) is 0 Å². The fourth-order valence-electron chi connectivity index (χ4n) is 3.23. The second-order valence-electron chi connectivity index (χ2n) is 5.22. The van der Waals surface area contributed by atoms with Crippen molar-refractivity contribution in [3.05, 3.63) is 34.3 Å². The molecule has 1 aliphatic carbocycles. The minimum absolute atomic E-state index is 0.0927. The van der Waals surface area contributed by atoms with Crippen LogP contribution in [0.2, 0.25) is 5.02 Å². The molecule has 1 heterocycles. The summed E-state index contributed by atoms with van der Waals surface area (Å²) in [4.78, 5) is 0. The molecule has 1 aromatic carbocycles. The molecule has 3 rings (SSSR count). The van der Waals surface area contributed by atoms with Gasteiger partial charge >= 0.3 is 6.18 Å². The lowest BCUT2D eigenvalue weighted by Gasteiger charge is -2.45. The zero-order valence-electron chi connectivity index (χ0n) is 9.65. The second kappa shape index (κ2) is 3.87. The number of fused-ring (bicyclic) bond motifs is 1. The summed E-state index contributed by atoms with van der Waals surface area (Å²) in [5, 5.41) is 3.06. The number of hydrogen-bond acceptors (Lipinski definition) is 1. The van der Waals surface area contributed by atoms with E-state index < -0.39 is 11.7 Å². The van der Waals surface area contributed by atoms with Crippen LogP contribution in [-0.2, 0) is 11.6 Å². The summed E-state index contributed by atoms with van der Waals surface area (Å²) >= 11 is 5.65. The summed E-state index contributed by atoms with van der Waals surface area (Å²) in [6.07, 6.45) is -2.32. The molecule has 1 saturated heterocycles. The fraction of sp³-hybridized carbons (Fsp3) is 0.538. The van der Waals surface area contributed by atoms with Gasteiger partial charge in [-0.25, -0.2) is 0 Å². The monoisotopic (exact) mass is 275 g/mol. The molecule has 1 saturated carbocycles. The standard InChI is InChI=1S/C13H13ClF3N/c14-11-2-1-8(5-10(11)13(15,16)17)12-4-3-9(12)6-18-7-12/h1-2,5,9,18H,3-4,6-7H2/t9-,12-/m0/s1. The lowest BCUT2D eigenvalue weighted by Crippen LogP contribution is -2.43. The first kappa shape index (κ1) is 12.3. The lowest BCUT2D eigenvalue weighted by molar-refractivity contribution is -0.137. The maximum absolute atomic E-state index is 12.9. The van der Waals surface area contributed by atoms with E-state index in [0.29, 0.717) is 5.92 Å². The highest BCUT2D eigenvalue weighted by atomic mass is 35.5. The summed E-state index contributed by atoms with van der Waals surface area (Å²) < 4.78 is 38.6. The van der Waals surface area contributed by atoms with Crippen molar-refractivity contribution in [3.8, 4) is 0 Å². The molecule has 0 radical (unpaired) electrons. The summed E-state index contributed by atoms with van der Waals surface area (Å²) in [7, 11) is 0. The van der Waals surface area contributed by atoms with E-state index in [-0.39, 0.29) is 10.4 Å². The Labute approximate surface area is 108 Å². The van der Waals surface area contributed by atoms with Crippen LogP contribution in [0.25, 0.3) is 0 Å². The Morgan fingerprint density at radius 1 is 1.33 bits per heavy atom. The molecule has 1 aliphatic heterocycles. The Morgan fingerprint density at radius 2 is 2.11 bits per heavy atom. The zero-order valence-corrected chi connectivity index (χ0v) is 10.4. The number of halogens is 4. The third-order valence-corrected chi connectivity index (χ3v) is 4.73. The van der Waals surface area contributed by atoms with E-state index in [4.69, 9.17) is 11.6 Å². The Morgan fingerprint density at radius 3 is 2.67 bits per heavy atom. The molecule has 0 bridgehead atoms. The zero-order chi connectivity index (χ0) is 13.0. The van der Waals surface area contributed by atoms with Crippen molar-refractivity contribution in [1.29, 1.82) is 0 Å². The van der Waals surface area contributed by atoms with E-state index in [1.165, 1.54) is 12.1 Å². The molecule has 18 heavy (non-hydrogen) atoms. The van der Waals surface area contributed by atoms with Crippen LogP contribution >= 0.6 is 11.6 Å². The Hall–Kier alpha value is -0.740. The van der Waals surface area contributed by atoms with Gasteiger partial charge in [-0.2, -0.15) is 13.2 Å². The fourth-order valence-corrected chi connectivity index (χ4v) is 3.46. The molecule has 2 aliphatic rings. The summed E-state index contributed by atoms with van der Waals surface area (Å²) in [5.74, 6) is 0.472. The van der Waals surface area contributed by atoms with Crippen LogP contribution in [0, 0.1) is 5.92 Å². The van der Waals surface area contributed by atoms with Crippen molar-refractivity contribution in [2.24, 2.45) is 5.92 Å². The van der Waals surface area contributed by atoms with E-state index in [9.17, 15) is 13.2 Å². The predicted molar refractivity (Wildman–Crippen MR) is 63.7 cm³/mol. The highest BCUT2D eigenvalue weighted by Gasteiger charge is 2.51. The van der Waals surface area contributed by atoms with Crippen molar-refractivity contribution >= 4 is 11.6 Å². The van der Waals surface area contributed by atoms with Gasteiger partial charge in [-0.05, 0) is 43.0 Å². The highest BCUT2D eigenvalue weighted by molar-refractivity contribution is 6.31. The van der Waals surface area contributed by atoms with Crippen molar-refractivity contribution < 1.29 is 13.2 Å². The van der Waals surface area contributed by atoms with Crippen molar-refractivity contribution in [1.82, 2.24) is 5.32 Å². The first-order valence-corrected chi connectivity index (χ1v) is 6.39. The quantitative estimate of drug-likeness (QED) is 0.826. The van der Waals surface area contributed by atoms with Gasteiger partial charge in [0, 0.05) is 12.0 Å². The lowest BCUT2D eigenvalue weighted by atomic mass is 9.58. The van der Waals surface area contributed by atoms with Crippen molar-refractivity contribution in [3.63, 3.8) is 0 Å². The largest absolute Gasteiger partial charge is 0.417 e. The minimum Gasteiger partial charge on any atom is -0.316 e. The average molecular weight is 276 g/mol. The molecule has 0 amide bonds. The third-order valence-electron chi connectivity index (χ3n) is 4.40. The Bertz CT molecular complexity index is 486. The van der Waals surface area contributed by atoms with Crippen LogP contribution in [0.15, 0.2) is 18.2 Å². The van der Waals surface area contributed by atoms with Crippen LogP contribution in [0.5, 0.6) is 0 Å². The van der Waals surface area contributed by atoms with Gasteiger partial charge in [-0.1, -0.05) is 17.7 Å². The molecule has 1 aromatic rings. The SMILES string of the molecule is FC(F)(F)c1cc([C@@]23CC[C@H]2CNC3)ccc1Cl. The molecule has 5 heteroatoms. The van der Waals surface area contributed by atoms with Gasteiger partial charge in [0.15, 0.2) is 0 Å². The molecule has 1 N–H and O–H groups in total. The highest BCUT2D eigenvalue weighted by Crippen LogP contribution is 2.52. The molecule has 0 aromatic heterocycles. The average Bonchev–Trinajstić information content (AvgIpc) is 2.55. The second-order valence-corrected chi connectivity index (χ2v) is 5.62.